The SMILES string of the molecule is COc1ccc2c(c1)CCOC21CCN(C(=O)COc2ccccc2C(N)=O)CC1. The summed E-state index contributed by atoms with van der Waals surface area (Å²) in [6.07, 6.45) is 2.33. The van der Waals surface area contributed by atoms with Gasteiger partial charge in [0, 0.05) is 13.1 Å². The summed E-state index contributed by atoms with van der Waals surface area (Å²) in [4.78, 5) is 26.0. The Bertz CT molecular complexity index is 950. The summed E-state index contributed by atoms with van der Waals surface area (Å²) >= 11 is 0. The normalized spacial score (nSPS) is 17.3. The van der Waals surface area contributed by atoms with E-state index < -0.39 is 5.91 Å². The average molecular weight is 410 g/mol. The standard InChI is InChI=1S/C23H26N2O5/c1-28-17-6-7-19-16(14-17)8-13-30-23(19)9-11-25(12-10-23)21(26)15-29-20-5-3-2-4-18(20)22(24)27/h2-7,14H,8-13,15H2,1H3,(H2,24,27). The number of para-hydroxylation sites is 1. The third-order valence-electron chi connectivity index (χ3n) is 5.98. The predicted molar refractivity (Wildman–Crippen MR) is 111 cm³/mol. The first-order valence-electron chi connectivity index (χ1n) is 10.1. The Balaban J connectivity index is 1.40. The number of benzene rings is 2. The predicted octanol–water partition coefficient (Wildman–Crippen LogP) is 2.26. The maximum atomic E-state index is 12.7. The molecule has 1 spiro atoms. The quantitative estimate of drug-likeness (QED) is 0.817. The largest absolute Gasteiger partial charge is 0.497 e. The molecule has 1 saturated heterocycles. The number of carbonyl (C=O) groups is 2. The van der Waals surface area contributed by atoms with E-state index in [1.165, 1.54) is 11.1 Å². The van der Waals surface area contributed by atoms with Crippen molar-refractivity contribution in [1.82, 2.24) is 4.90 Å². The zero-order valence-corrected chi connectivity index (χ0v) is 17.1. The van der Waals surface area contributed by atoms with E-state index in [0.29, 0.717) is 25.4 Å². The van der Waals surface area contributed by atoms with Crippen LogP contribution in [0.4, 0.5) is 0 Å². The molecule has 158 valence electrons. The Morgan fingerprint density at radius 2 is 1.93 bits per heavy atom. The van der Waals surface area contributed by atoms with Crippen molar-refractivity contribution in [3.05, 3.63) is 59.2 Å². The molecule has 0 atom stereocenters. The first-order chi connectivity index (χ1) is 14.5. The van der Waals surface area contributed by atoms with Crippen molar-refractivity contribution in [2.24, 2.45) is 5.73 Å². The minimum Gasteiger partial charge on any atom is -0.497 e. The lowest BCUT2D eigenvalue weighted by atomic mass is 9.79. The molecule has 7 heteroatoms. The third-order valence-corrected chi connectivity index (χ3v) is 5.98. The molecule has 2 aliphatic rings. The van der Waals surface area contributed by atoms with Crippen LogP contribution in [0.3, 0.4) is 0 Å². The van der Waals surface area contributed by atoms with Gasteiger partial charge < -0.3 is 24.8 Å². The highest BCUT2D eigenvalue weighted by Crippen LogP contribution is 2.42. The van der Waals surface area contributed by atoms with E-state index in [-0.39, 0.29) is 23.7 Å². The average Bonchev–Trinajstić information content (AvgIpc) is 2.78. The number of piperidine rings is 1. The number of hydrogen-bond acceptors (Lipinski definition) is 5. The lowest BCUT2D eigenvalue weighted by molar-refractivity contribution is -0.142. The van der Waals surface area contributed by atoms with Gasteiger partial charge in [0.05, 0.1) is 24.9 Å². The van der Waals surface area contributed by atoms with Crippen molar-refractivity contribution >= 4 is 11.8 Å². The van der Waals surface area contributed by atoms with Crippen molar-refractivity contribution in [1.29, 1.82) is 0 Å². The number of nitrogens with zero attached hydrogens (tertiary/aromatic N) is 1. The van der Waals surface area contributed by atoms with E-state index in [1.54, 1.807) is 36.3 Å². The molecule has 0 aromatic heterocycles. The van der Waals surface area contributed by atoms with Gasteiger partial charge in [-0.05, 0) is 54.7 Å². The topological polar surface area (TPSA) is 91.1 Å². The van der Waals surface area contributed by atoms with Crippen LogP contribution in [0.1, 0.15) is 34.3 Å². The smallest absolute Gasteiger partial charge is 0.260 e. The fourth-order valence-electron chi connectivity index (χ4n) is 4.34. The van der Waals surface area contributed by atoms with Gasteiger partial charge in [0.2, 0.25) is 0 Å². The number of ether oxygens (including phenoxy) is 3. The van der Waals surface area contributed by atoms with E-state index >= 15 is 0 Å². The van der Waals surface area contributed by atoms with Crippen LogP contribution in [0.2, 0.25) is 0 Å². The molecule has 0 saturated carbocycles. The summed E-state index contributed by atoms with van der Waals surface area (Å²) < 4.78 is 17.2. The van der Waals surface area contributed by atoms with Gasteiger partial charge in [0.1, 0.15) is 11.5 Å². The number of fused-ring (bicyclic) bond motifs is 2. The summed E-state index contributed by atoms with van der Waals surface area (Å²) in [6.45, 7) is 1.71. The summed E-state index contributed by atoms with van der Waals surface area (Å²) in [5.74, 6) is 0.481. The minimum absolute atomic E-state index is 0.116. The van der Waals surface area contributed by atoms with E-state index in [1.807, 2.05) is 6.07 Å². The highest BCUT2D eigenvalue weighted by molar-refractivity contribution is 5.95. The fraction of sp³-hybridized carbons (Fsp3) is 0.391. The number of hydrogen-bond donors (Lipinski definition) is 1. The van der Waals surface area contributed by atoms with Crippen LogP contribution in [-0.4, -0.2) is 50.1 Å². The van der Waals surface area contributed by atoms with Crippen molar-refractivity contribution in [3.63, 3.8) is 0 Å². The van der Waals surface area contributed by atoms with Gasteiger partial charge in [-0.15, -0.1) is 0 Å². The number of primary amides is 1. The second-order valence-electron chi connectivity index (χ2n) is 7.65. The molecule has 4 rings (SSSR count). The van der Waals surface area contributed by atoms with Crippen LogP contribution in [-0.2, 0) is 21.6 Å². The van der Waals surface area contributed by atoms with Crippen LogP contribution in [0.25, 0.3) is 0 Å². The zero-order chi connectivity index (χ0) is 21.1. The Labute approximate surface area is 175 Å². The molecule has 2 aliphatic heterocycles. The molecule has 2 amide bonds. The Kier molecular flexibility index (Phi) is 5.63. The first-order valence-corrected chi connectivity index (χ1v) is 10.1. The molecule has 7 nitrogen and oxygen atoms in total. The molecule has 1 fully saturated rings. The summed E-state index contributed by atoms with van der Waals surface area (Å²) in [6, 6.07) is 12.8. The maximum Gasteiger partial charge on any atom is 0.260 e. The van der Waals surface area contributed by atoms with Crippen molar-refractivity contribution in [3.8, 4) is 11.5 Å². The van der Waals surface area contributed by atoms with Gasteiger partial charge in [0.25, 0.3) is 11.8 Å². The highest BCUT2D eigenvalue weighted by Gasteiger charge is 2.41. The molecule has 2 aromatic carbocycles. The third kappa shape index (κ3) is 3.85. The number of methoxy groups -OCH3 is 1. The molecular formula is C23H26N2O5. The van der Waals surface area contributed by atoms with E-state index in [2.05, 4.69) is 12.1 Å². The summed E-state index contributed by atoms with van der Waals surface area (Å²) in [5, 5.41) is 0. The van der Waals surface area contributed by atoms with E-state index in [0.717, 1.165) is 25.0 Å². The molecule has 0 unspecified atom stereocenters. The van der Waals surface area contributed by atoms with E-state index in [4.69, 9.17) is 19.9 Å². The number of likely N-dealkylation sites (tertiary alicyclic amines) is 1. The fourth-order valence-corrected chi connectivity index (χ4v) is 4.34. The lowest BCUT2D eigenvalue weighted by Gasteiger charge is -2.45. The zero-order valence-electron chi connectivity index (χ0n) is 17.1. The van der Waals surface area contributed by atoms with Gasteiger partial charge in [-0.1, -0.05) is 18.2 Å². The maximum absolute atomic E-state index is 12.7. The number of amides is 2. The van der Waals surface area contributed by atoms with Crippen molar-refractivity contribution < 1.29 is 23.8 Å². The Morgan fingerprint density at radius 3 is 2.67 bits per heavy atom. The molecule has 0 radical (unpaired) electrons. The summed E-state index contributed by atoms with van der Waals surface area (Å²) in [5.41, 5.74) is 7.74. The molecule has 30 heavy (non-hydrogen) atoms. The molecule has 2 aromatic rings. The monoisotopic (exact) mass is 410 g/mol. The molecular weight excluding hydrogens is 384 g/mol. The van der Waals surface area contributed by atoms with Gasteiger partial charge in [0.15, 0.2) is 6.61 Å². The molecule has 0 bridgehead atoms. The number of carbonyl (C=O) groups excluding carboxylic acids is 2. The van der Waals surface area contributed by atoms with Crippen molar-refractivity contribution in [2.75, 3.05) is 33.4 Å². The summed E-state index contributed by atoms with van der Waals surface area (Å²) in [7, 11) is 1.67. The van der Waals surface area contributed by atoms with Gasteiger partial charge in [-0.3, -0.25) is 9.59 Å². The second kappa shape index (κ2) is 8.36. The lowest BCUT2D eigenvalue weighted by Crippen LogP contribution is -2.49. The van der Waals surface area contributed by atoms with Gasteiger partial charge in [-0.25, -0.2) is 0 Å². The minimum atomic E-state index is -0.581. The first kappa shape index (κ1) is 20.2. The van der Waals surface area contributed by atoms with Crippen molar-refractivity contribution in [2.45, 2.75) is 24.9 Å². The van der Waals surface area contributed by atoms with Crippen LogP contribution in [0.15, 0.2) is 42.5 Å². The molecule has 2 heterocycles. The highest BCUT2D eigenvalue weighted by atomic mass is 16.5. The second-order valence-corrected chi connectivity index (χ2v) is 7.65. The number of rotatable bonds is 5. The van der Waals surface area contributed by atoms with Crippen LogP contribution >= 0.6 is 0 Å². The number of nitrogens with two attached hydrogens (primary N) is 1. The van der Waals surface area contributed by atoms with Crippen LogP contribution in [0, 0.1) is 0 Å². The Hall–Kier alpha value is -3.06. The van der Waals surface area contributed by atoms with Gasteiger partial charge >= 0.3 is 0 Å². The van der Waals surface area contributed by atoms with Gasteiger partial charge in [-0.2, -0.15) is 0 Å². The van der Waals surface area contributed by atoms with Crippen LogP contribution in [0.5, 0.6) is 11.5 Å². The molecule has 0 aliphatic carbocycles. The van der Waals surface area contributed by atoms with Crippen LogP contribution < -0.4 is 15.2 Å². The molecule has 2 N–H and O–H groups in total. The van der Waals surface area contributed by atoms with E-state index in [9.17, 15) is 9.59 Å². The Morgan fingerprint density at radius 1 is 1.17 bits per heavy atom.